The number of hydrogen-bond donors (Lipinski definition) is 3. The van der Waals surface area contributed by atoms with Crippen LogP contribution in [0.2, 0.25) is 0 Å². The molecule has 0 spiro atoms. The van der Waals surface area contributed by atoms with E-state index in [4.69, 9.17) is 37.0 Å². The number of esters is 4. The summed E-state index contributed by atoms with van der Waals surface area (Å²) in [6.07, 6.45) is 76.4. The Morgan fingerprint density at radius 1 is 0.255 bits per heavy atom. The summed E-state index contributed by atoms with van der Waals surface area (Å²) in [7, 11) is -9.93. The first-order valence-electron chi connectivity index (χ1n) is 47.1. The molecule has 3 N–H and O–H groups in total. The van der Waals surface area contributed by atoms with E-state index in [1.54, 1.807) is 0 Å². The van der Waals surface area contributed by atoms with Crippen LogP contribution < -0.4 is 0 Å². The maximum Gasteiger partial charge on any atom is 0.472 e. The highest BCUT2D eigenvalue weighted by Crippen LogP contribution is 2.45. The molecule has 0 aliphatic heterocycles. The van der Waals surface area contributed by atoms with Crippen molar-refractivity contribution in [3.63, 3.8) is 0 Å². The summed E-state index contributed by atoms with van der Waals surface area (Å²) in [6, 6.07) is 0. The maximum atomic E-state index is 13.2. The predicted molar refractivity (Wildman–Crippen MR) is 455 cm³/mol. The average Bonchev–Trinajstić information content (AvgIpc) is 0.891. The van der Waals surface area contributed by atoms with Gasteiger partial charge in [0.15, 0.2) is 12.2 Å². The molecule has 0 saturated carbocycles. The molecule has 0 amide bonds. The summed E-state index contributed by atoms with van der Waals surface area (Å²) in [5, 5.41) is 10.7. The lowest BCUT2D eigenvalue weighted by Crippen LogP contribution is -2.30. The molecule has 0 aliphatic rings. The van der Waals surface area contributed by atoms with Crippen molar-refractivity contribution >= 4 is 39.5 Å². The lowest BCUT2D eigenvalue weighted by molar-refractivity contribution is -0.161. The number of phosphoric acid groups is 2. The molecule has 0 bridgehead atoms. The molecule has 654 valence electrons. The van der Waals surface area contributed by atoms with Crippen molar-refractivity contribution in [1.29, 1.82) is 0 Å². The normalized spacial score (nSPS) is 14.2. The van der Waals surface area contributed by atoms with Crippen LogP contribution >= 0.6 is 15.6 Å². The van der Waals surface area contributed by atoms with Gasteiger partial charge in [-0.15, -0.1) is 0 Å². The average molecular weight is 1610 g/mol. The number of aliphatic hydroxyl groups is 1. The highest BCUT2D eigenvalue weighted by molar-refractivity contribution is 7.47. The molecule has 110 heavy (non-hydrogen) atoms. The van der Waals surface area contributed by atoms with Crippen molar-refractivity contribution in [2.75, 3.05) is 39.6 Å². The number of aliphatic hydroxyl groups excluding tert-OH is 1. The van der Waals surface area contributed by atoms with Gasteiger partial charge in [0, 0.05) is 25.7 Å². The topological polar surface area (TPSA) is 237 Å². The molecular formula is C91H178O17P2. The quantitative estimate of drug-likeness (QED) is 0.0222. The van der Waals surface area contributed by atoms with Crippen LogP contribution in [-0.4, -0.2) is 96.7 Å². The maximum absolute atomic E-state index is 13.2. The molecule has 0 aromatic carbocycles. The van der Waals surface area contributed by atoms with Gasteiger partial charge in [0.25, 0.3) is 0 Å². The Morgan fingerprint density at radius 2 is 0.436 bits per heavy atom. The minimum atomic E-state index is -4.97. The van der Waals surface area contributed by atoms with Gasteiger partial charge in [0.05, 0.1) is 26.4 Å². The molecular weight excluding hydrogens is 1430 g/mol. The number of hydrogen-bond acceptors (Lipinski definition) is 15. The Balaban J connectivity index is 5.19. The van der Waals surface area contributed by atoms with Gasteiger partial charge >= 0.3 is 39.5 Å². The smallest absolute Gasteiger partial charge is 0.462 e. The molecule has 0 aromatic rings. The zero-order chi connectivity index (χ0) is 80.6. The molecule has 19 heteroatoms. The van der Waals surface area contributed by atoms with Crippen molar-refractivity contribution in [2.45, 2.75) is 509 Å². The van der Waals surface area contributed by atoms with Crippen molar-refractivity contribution < 1.29 is 80.2 Å². The molecule has 0 saturated heterocycles. The third kappa shape index (κ3) is 81.2. The Labute approximate surface area is 677 Å². The first-order valence-corrected chi connectivity index (χ1v) is 50.1. The van der Waals surface area contributed by atoms with E-state index in [0.29, 0.717) is 25.7 Å². The van der Waals surface area contributed by atoms with E-state index >= 15 is 0 Å². The number of phosphoric ester groups is 2. The van der Waals surface area contributed by atoms with Crippen LogP contribution in [-0.2, 0) is 65.4 Å². The van der Waals surface area contributed by atoms with Crippen LogP contribution in [0.3, 0.4) is 0 Å². The van der Waals surface area contributed by atoms with E-state index < -0.39 is 97.5 Å². The molecule has 7 atom stereocenters. The van der Waals surface area contributed by atoms with Crippen LogP contribution in [0.25, 0.3) is 0 Å². The highest BCUT2D eigenvalue weighted by Gasteiger charge is 2.31. The van der Waals surface area contributed by atoms with Crippen molar-refractivity contribution in [1.82, 2.24) is 0 Å². The Bertz CT molecular complexity index is 2100. The van der Waals surface area contributed by atoms with Gasteiger partial charge in [0.1, 0.15) is 19.3 Å². The summed E-state index contributed by atoms with van der Waals surface area (Å²) >= 11 is 0. The van der Waals surface area contributed by atoms with E-state index in [2.05, 4.69) is 41.5 Å². The Hall–Kier alpha value is -1.94. The van der Waals surface area contributed by atoms with Gasteiger partial charge in [-0.3, -0.25) is 37.3 Å². The van der Waals surface area contributed by atoms with Gasteiger partial charge in [-0.2, -0.15) is 0 Å². The van der Waals surface area contributed by atoms with Crippen molar-refractivity contribution in [3.05, 3.63) is 0 Å². The van der Waals surface area contributed by atoms with Crippen molar-refractivity contribution in [2.24, 2.45) is 11.8 Å². The van der Waals surface area contributed by atoms with Crippen molar-refractivity contribution in [3.8, 4) is 0 Å². The summed E-state index contributed by atoms with van der Waals surface area (Å²) in [6.45, 7) is 9.82. The summed E-state index contributed by atoms with van der Waals surface area (Å²) in [4.78, 5) is 73.3. The predicted octanol–water partition coefficient (Wildman–Crippen LogP) is 28.2. The molecule has 0 aromatic heterocycles. The van der Waals surface area contributed by atoms with E-state index in [-0.39, 0.29) is 25.7 Å². The minimum absolute atomic E-state index is 0.109. The standard InChI is InChI=1S/C91H178O17P2/c1-7-11-13-15-17-19-20-21-22-27-35-40-45-51-57-63-69-75-90(95)107-86(79-101-88(93)73-67-61-55-47-18-16-14-12-8-2)81-105-109(97,98)103-77-85(92)78-104-110(99,100)106-82-87(108-91(96)76-70-64-58-52-46-41-36-31-26-24-29-33-38-43-49-54-60-66-72-84(6)10-4)80-102-89(94)74-68-62-56-50-44-39-34-30-25-23-28-32-37-42-48-53-59-65-71-83(5)9-3/h83-87,92H,7-82H2,1-6H3,(H,97,98)(H,99,100)/t83?,84?,85-,86+,87+/m0/s1. The molecule has 0 fully saturated rings. The second-order valence-electron chi connectivity index (χ2n) is 33.2. The van der Waals surface area contributed by atoms with Crippen LogP contribution in [0.5, 0.6) is 0 Å². The van der Waals surface area contributed by atoms with Gasteiger partial charge in [-0.25, -0.2) is 9.13 Å². The lowest BCUT2D eigenvalue weighted by atomic mass is 9.99. The molecule has 4 unspecified atom stereocenters. The van der Waals surface area contributed by atoms with E-state index in [0.717, 1.165) is 102 Å². The highest BCUT2D eigenvalue weighted by atomic mass is 31.2. The molecule has 0 rings (SSSR count). The molecule has 17 nitrogen and oxygen atoms in total. The van der Waals surface area contributed by atoms with Crippen LogP contribution in [0.1, 0.15) is 491 Å². The Kier molecular flexibility index (Phi) is 80.7. The number of rotatable bonds is 90. The fourth-order valence-corrected chi connectivity index (χ4v) is 15.8. The summed E-state index contributed by atoms with van der Waals surface area (Å²) in [5.74, 6) is -0.352. The number of unbranched alkanes of at least 4 members (excludes halogenated alkanes) is 58. The summed E-state index contributed by atoms with van der Waals surface area (Å²) in [5.41, 5.74) is 0. The van der Waals surface area contributed by atoms with Crippen LogP contribution in [0.15, 0.2) is 0 Å². The molecule has 0 aliphatic carbocycles. The molecule has 0 heterocycles. The number of ether oxygens (including phenoxy) is 4. The van der Waals surface area contributed by atoms with Gasteiger partial charge in [-0.05, 0) is 37.5 Å². The number of carbonyl (C=O) groups excluding carboxylic acids is 4. The van der Waals surface area contributed by atoms with E-state index in [1.807, 2.05) is 0 Å². The monoisotopic (exact) mass is 1610 g/mol. The fourth-order valence-electron chi connectivity index (χ4n) is 14.2. The van der Waals surface area contributed by atoms with Gasteiger partial charge in [-0.1, -0.05) is 440 Å². The largest absolute Gasteiger partial charge is 0.472 e. The van der Waals surface area contributed by atoms with E-state index in [9.17, 15) is 43.2 Å². The third-order valence-electron chi connectivity index (χ3n) is 22.2. The van der Waals surface area contributed by atoms with Gasteiger partial charge < -0.3 is 33.8 Å². The Morgan fingerprint density at radius 3 is 0.645 bits per heavy atom. The second kappa shape index (κ2) is 82.2. The minimum Gasteiger partial charge on any atom is -0.462 e. The van der Waals surface area contributed by atoms with Crippen LogP contribution in [0.4, 0.5) is 0 Å². The lowest BCUT2D eigenvalue weighted by Gasteiger charge is -2.21. The van der Waals surface area contributed by atoms with Crippen LogP contribution in [0, 0.1) is 11.8 Å². The number of carbonyl (C=O) groups is 4. The summed E-state index contributed by atoms with van der Waals surface area (Å²) < 4.78 is 69.0. The first-order chi connectivity index (χ1) is 53.4. The first kappa shape index (κ1) is 108. The molecule has 0 radical (unpaired) electrons. The fraction of sp³-hybridized carbons (Fsp3) is 0.956. The second-order valence-corrected chi connectivity index (χ2v) is 36.1. The zero-order valence-corrected chi connectivity index (χ0v) is 74.4. The third-order valence-corrected chi connectivity index (χ3v) is 24.1. The van der Waals surface area contributed by atoms with E-state index in [1.165, 1.54) is 308 Å². The zero-order valence-electron chi connectivity index (χ0n) is 72.6. The van der Waals surface area contributed by atoms with Gasteiger partial charge in [0.2, 0.25) is 0 Å². The SMILES string of the molecule is CCCCCCCCCCCCCCCCCCCC(=O)O[C@H](COC(=O)CCCCCCCCCCC)COP(=O)(O)OC[C@H](O)COP(=O)(O)OC[C@@H](COC(=O)CCCCCCCCCCCCCCCCCCCCC(C)CC)OC(=O)CCCCCCCCCCCCCCCCCCCCC(C)CC.